The third kappa shape index (κ3) is 2.14. The molecule has 0 atom stereocenters. The minimum absolute atomic E-state index is 0.0519. The number of aryl methyl sites for hydroxylation is 1. The summed E-state index contributed by atoms with van der Waals surface area (Å²) in [6.45, 7) is 1.56. The molecule has 0 amide bonds. The van der Waals surface area contributed by atoms with Gasteiger partial charge in [0.1, 0.15) is 0 Å². The van der Waals surface area contributed by atoms with E-state index in [4.69, 9.17) is 5.11 Å². The van der Waals surface area contributed by atoms with E-state index in [1.165, 1.54) is 6.92 Å². The third-order valence-corrected chi connectivity index (χ3v) is 2.42. The molecular formula is C7H6BrF3N2O2. The van der Waals surface area contributed by atoms with Crippen LogP contribution in [0.2, 0.25) is 0 Å². The largest absolute Gasteiger partial charge is 0.476 e. The summed E-state index contributed by atoms with van der Waals surface area (Å²) < 4.78 is 37.3. The summed E-state index contributed by atoms with van der Waals surface area (Å²) in [5.41, 5.74) is -1.72. The Labute approximate surface area is 90.8 Å². The predicted octanol–water partition coefficient (Wildman–Crippen LogP) is 2.38. The first kappa shape index (κ1) is 12.0. The minimum Gasteiger partial charge on any atom is -0.476 e. The van der Waals surface area contributed by atoms with Crippen LogP contribution in [0.3, 0.4) is 0 Å². The molecule has 0 bridgehead atoms. The Balaban J connectivity index is 3.41. The Hall–Kier alpha value is -1.05. The topological polar surface area (TPSA) is 55.1 Å². The molecule has 0 radical (unpaired) electrons. The number of aromatic carboxylic acids is 1. The normalized spacial score (nSPS) is 11.8. The summed E-state index contributed by atoms with van der Waals surface area (Å²) in [5, 5.41) is 11.9. The fourth-order valence-corrected chi connectivity index (χ4v) is 1.73. The van der Waals surface area contributed by atoms with Crippen LogP contribution in [0, 0.1) is 0 Å². The first-order valence-electron chi connectivity index (χ1n) is 3.85. The lowest BCUT2D eigenvalue weighted by molar-refractivity contribution is -0.142. The highest BCUT2D eigenvalue weighted by molar-refractivity contribution is 9.10. The maximum absolute atomic E-state index is 12.3. The number of nitrogens with zero attached hydrogens (tertiary/aromatic N) is 2. The average molecular weight is 287 g/mol. The van der Waals surface area contributed by atoms with Crippen LogP contribution in [-0.2, 0) is 12.7 Å². The molecule has 1 heterocycles. The Kier molecular flexibility index (Phi) is 3.08. The van der Waals surface area contributed by atoms with E-state index >= 15 is 0 Å². The molecule has 84 valence electrons. The quantitative estimate of drug-likeness (QED) is 0.908. The second-order valence-corrected chi connectivity index (χ2v) is 3.42. The van der Waals surface area contributed by atoms with E-state index in [-0.39, 0.29) is 6.54 Å². The molecule has 0 aliphatic carbocycles. The highest BCUT2D eigenvalue weighted by atomic mass is 79.9. The summed E-state index contributed by atoms with van der Waals surface area (Å²) in [6, 6.07) is 0. The zero-order chi connectivity index (χ0) is 11.8. The number of rotatable bonds is 2. The van der Waals surface area contributed by atoms with Gasteiger partial charge in [-0.05, 0) is 22.9 Å². The fraction of sp³-hybridized carbons (Fsp3) is 0.429. The van der Waals surface area contributed by atoms with Crippen LogP contribution in [0.1, 0.15) is 23.1 Å². The fourth-order valence-electron chi connectivity index (χ4n) is 1.05. The van der Waals surface area contributed by atoms with Crippen molar-refractivity contribution in [1.29, 1.82) is 0 Å². The van der Waals surface area contributed by atoms with Crippen molar-refractivity contribution in [3.63, 3.8) is 0 Å². The van der Waals surface area contributed by atoms with Crippen molar-refractivity contribution in [1.82, 2.24) is 9.78 Å². The smallest absolute Gasteiger partial charge is 0.436 e. The molecule has 0 aliphatic heterocycles. The van der Waals surface area contributed by atoms with Crippen molar-refractivity contribution >= 4 is 21.9 Å². The lowest BCUT2D eigenvalue weighted by Gasteiger charge is -2.01. The van der Waals surface area contributed by atoms with E-state index in [0.29, 0.717) is 0 Å². The van der Waals surface area contributed by atoms with Crippen LogP contribution in [-0.4, -0.2) is 20.9 Å². The Morgan fingerprint density at radius 2 is 2.13 bits per heavy atom. The molecule has 4 nitrogen and oxygen atoms in total. The van der Waals surface area contributed by atoms with Crippen molar-refractivity contribution in [2.45, 2.75) is 19.6 Å². The van der Waals surface area contributed by atoms with Gasteiger partial charge >= 0.3 is 12.1 Å². The highest BCUT2D eigenvalue weighted by Gasteiger charge is 2.39. The van der Waals surface area contributed by atoms with Gasteiger partial charge in [-0.3, -0.25) is 4.68 Å². The molecule has 0 aromatic carbocycles. The Morgan fingerprint density at radius 1 is 1.60 bits per heavy atom. The molecule has 0 fully saturated rings. The highest BCUT2D eigenvalue weighted by Crippen LogP contribution is 2.35. The maximum Gasteiger partial charge on any atom is 0.436 e. The predicted molar refractivity (Wildman–Crippen MR) is 47.6 cm³/mol. The standard InChI is InChI=1S/C7H6BrF3N2O2/c1-2-13-4(6(14)15)3(8)5(12-13)7(9,10)11/h2H2,1H3,(H,14,15). The van der Waals surface area contributed by atoms with E-state index in [0.717, 1.165) is 4.68 Å². The van der Waals surface area contributed by atoms with Gasteiger partial charge in [0, 0.05) is 6.54 Å². The van der Waals surface area contributed by atoms with Crippen molar-refractivity contribution in [3.05, 3.63) is 15.9 Å². The molecule has 1 aromatic rings. The van der Waals surface area contributed by atoms with Gasteiger partial charge in [0.15, 0.2) is 11.4 Å². The van der Waals surface area contributed by atoms with Crippen LogP contribution in [0.5, 0.6) is 0 Å². The minimum atomic E-state index is -4.66. The second-order valence-electron chi connectivity index (χ2n) is 2.63. The molecule has 0 saturated carbocycles. The number of hydrogen-bond donors (Lipinski definition) is 1. The summed E-state index contributed by atoms with van der Waals surface area (Å²) in [4.78, 5) is 10.7. The van der Waals surface area contributed by atoms with Crippen molar-refractivity contribution < 1.29 is 23.1 Å². The number of aromatic nitrogens is 2. The van der Waals surface area contributed by atoms with Crippen LogP contribution < -0.4 is 0 Å². The first-order chi connectivity index (χ1) is 6.79. The number of hydrogen-bond acceptors (Lipinski definition) is 2. The van der Waals surface area contributed by atoms with Crippen molar-refractivity contribution in [2.24, 2.45) is 0 Å². The zero-order valence-corrected chi connectivity index (χ0v) is 9.05. The number of carbonyl (C=O) groups is 1. The van der Waals surface area contributed by atoms with Gasteiger partial charge in [0.05, 0.1) is 4.47 Å². The van der Waals surface area contributed by atoms with Gasteiger partial charge in [0.25, 0.3) is 0 Å². The number of alkyl halides is 3. The second kappa shape index (κ2) is 3.84. The monoisotopic (exact) mass is 286 g/mol. The SMILES string of the molecule is CCn1nc(C(F)(F)F)c(Br)c1C(=O)O. The third-order valence-electron chi connectivity index (χ3n) is 1.67. The molecule has 15 heavy (non-hydrogen) atoms. The number of halogens is 4. The van der Waals surface area contributed by atoms with Crippen molar-refractivity contribution in [3.8, 4) is 0 Å². The summed E-state index contributed by atoms with van der Waals surface area (Å²) in [5.74, 6) is -1.45. The van der Waals surface area contributed by atoms with E-state index < -0.39 is 28.0 Å². The lowest BCUT2D eigenvalue weighted by Crippen LogP contribution is -2.09. The molecule has 1 rings (SSSR count). The lowest BCUT2D eigenvalue weighted by atomic mass is 10.3. The number of carboxylic acid groups (broad SMARTS) is 1. The van der Waals surface area contributed by atoms with E-state index in [2.05, 4.69) is 21.0 Å². The van der Waals surface area contributed by atoms with Crippen LogP contribution in [0.4, 0.5) is 13.2 Å². The molecule has 0 aliphatic rings. The molecule has 0 spiro atoms. The molecule has 1 N–H and O–H groups in total. The van der Waals surface area contributed by atoms with Gasteiger partial charge in [-0.15, -0.1) is 0 Å². The molecule has 8 heteroatoms. The van der Waals surface area contributed by atoms with Gasteiger partial charge in [-0.25, -0.2) is 4.79 Å². The molecule has 0 saturated heterocycles. The molecule has 0 unspecified atom stereocenters. The van der Waals surface area contributed by atoms with E-state index in [1.54, 1.807) is 0 Å². The van der Waals surface area contributed by atoms with Crippen molar-refractivity contribution in [2.75, 3.05) is 0 Å². The van der Waals surface area contributed by atoms with E-state index in [1.807, 2.05) is 0 Å². The van der Waals surface area contributed by atoms with Gasteiger partial charge in [-0.1, -0.05) is 0 Å². The summed E-state index contributed by atoms with van der Waals surface area (Å²) in [6.07, 6.45) is -4.66. The van der Waals surface area contributed by atoms with Crippen LogP contribution >= 0.6 is 15.9 Å². The first-order valence-corrected chi connectivity index (χ1v) is 4.65. The summed E-state index contributed by atoms with van der Waals surface area (Å²) in [7, 11) is 0. The molecular weight excluding hydrogens is 281 g/mol. The Bertz CT molecular complexity index is 400. The van der Waals surface area contributed by atoms with Gasteiger partial charge in [0.2, 0.25) is 0 Å². The Morgan fingerprint density at radius 3 is 2.40 bits per heavy atom. The van der Waals surface area contributed by atoms with Gasteiger partial charge in [-0.2, -0.15) is 18.3 Å². The van der Waals surface area contributed by atoms with Gasteiger partial charge < -0.3 is 5.11 Å². The van der Waals surface area contributed by atoms with Crippen LogP contribution in [0.15, 0.2) is 4.47 Å². The number of carboxylic acids is 1. The van der Waals surface area contributed by atoms with E-state index in [9.17, 15) is 18.0 Å². The zero-order valence-electron chi connectivity index (χ0n) is 7.47. The molecule has 1 aromatic heterocycles. The maximum atomic E-state index is 12.3. The van der Waals surface area contributed by atoms with Crippen LogP contribution in [0.25, 0.3) is 0 Å². The average Bonchev–Trinajstić information content (AvgIpc) is 2.41. The summed E-state index contributed by atoms with van der Waals surface area (Å²) >= 11 is 2.60.